The fourth-order valence-corrected chi connectivity index (χ4v) is 1.28. The Bertz CT molecular complexity index is 285. The molecule has 0 aliphatic carbocycles. The molecule has 1 heterocycles. The number of methoxy groups -OCH3 is 1. The van der Waals surface area contributed by atoms with Gasteiger partial charge in [0.2, 0.25) is 5.91 Å². The van der Waals surface area contributed by atoms with E-state index in [0.29, 0.717) is 19.6 Å². The molecule has 0 fully saturated rings. The van der Waals surface area contributed by atoms with Gasteiger partial charge in [0.05, 0.1) is 6.20 Å². The van der Waals surface area contributed by atoms with Crippen molar-refractivity contribution in [1.82, 2.24) is 15.1 Å². The summed E-state index contributed by atoms with van der Waals surface area (Å²) in [6, 6.07) is 0. The molecule has 1 amide bonds. The molecule has 1 aromatic heterocycles. The van der Waals surface area contributed by atoms with E-state index in [1.165, 1.54) is 0 Å². The van der Waals surface area contributed by atoms with Crippen molar-refractivity contribution in [3.8, 4) is 0 Å². The Hall–Kier alpha value is -1.36. The van der Waals surface area contributed by atoms with E-state index in [1.807, 2.05) is 0 Å². The summed E-state index contributed by atoms with van der Waals surface area (Å²) in [6.45, 7) is 1.23. The lowest BCUT2D eigenvalue weighted by Crippen LogP contribution is -2.25. The maximum Gasteiger partial charge on any atom is 0.222 e. The molecule has 0 aliphatic rings. The van der Waals surface area contributed by atoms with Gasteiger partial charge in [-0.05, 0) is 6.42 Å². The van der Waals surface area contributed by atoms with Gasteiger partial charge in [-0.15, -0.1) is 0 Å². The van der Waals surface area contributed by atoms with Gasteiger partial charge < -0.3 is 9.64 Å². The largest absolute Gasteiger partial charge is 0.385 e. The zero-order valence-corrected chi connectivity index (χ0v) is 9.19. The number of hydrogen-bond acceptors (Lipinski definition) is 3. The third kappa shape index (κ3) is 4.12. The van der Waals surface area contributed by atoms with Crippen molar-refractivity contribution < 1.29 is 9.53 Å². The predicted molar refractivity (Wildman–Crippen MR) is 56.2 cm³/mol. The van der Waals surface area contributed by atoms with Crippen LogP contribution in [0.3, 0.4) is 0 Å². The Labute approximate surface area is 89.4 Å². The van der Waals surface area contributed by atoms with Crippen LogP contribution < -0.4 is 0 Å². The number of carbonyl (C=O) groups is 1. The summed E-state index contributed by atoms with van der Waals surface area (Å²) in [4.78, 5) is 13.3. The first-order valence-corrected chi connectivity index (χ1v) is 4.94. The van der Waals surface area contributed by atoms with Crippen LogP contribution >= 0.6 is 0 Å². The molecule has 15 heavy (non-hydrogen) atoms. The van der Waals surface area contributed by atoms with Crippen LogP contribution in [0, 0.1) is 0 Å². The first-order chi connectivity index (χ1) is 7.24. The molecule has 1 rings (SSSR count). The van der Waals surface area contributed by atoms with E-state index in [2.05, 4.69) is 10.2 Å². The van der Waals surface area contributed by atoms with Crippen molar-refractivity contribution in [1.29, 1.82) is 0 Å². The Morgan fingerprint density at radius 2 is 2.47 bits per heavy atom. The third-order valence-corrected chi connectivity index (χ3v) is 2.14. The molecule has 0 atom stereocenters. The van der Waals surface area contributed by atoms with E-state index in [-0.39, 0.29) is 5.91 Å². The molecule has 1 aromatic rings. The van der Waals surface area contributed by atoms with Crippen LogP contribution in [0.15, 0.2) is 12.4 Å². The Kier molecular flexibility index (Phi) is 4.83. The molecule has 0 radical (unpaired) electrons. The number of hydrogen-bond donors (Lipinski definition) is 1. The summed E-state index contributed by atoms with van der Waals surface area (Å²) in [5.41, 5.74) is 1.01. The minimum Gasteiger partial charge on any atom is -0.385 e. The van der Waals surface area contributed by atoms with Crippen molar-refractivity contribution in [2.75, 3.05) is 20.8 Å². The highest BCUT2D eigenvalue weighted by Crippen LogP contribution is 2.02. The lowest BCUT2D eigenvalue weighted by Gasteiger charge is -2.15. The average molecular weight is 211 g/mol. The number of amides is 1. The van der Waals surface area contributed by atoms with Crippen LogP contribution in [-0.2, 0) is 16.1 Å². The quantitative estimate of drug-likeness (QED) is 0.708. The van der Waals surface area contributed by atoms with E-state index in [1.54, 1.807) is 31.5 Å². The van der Waals surface area contributed by atoms with Crippen LogP contribution in [0.5, 0.6) is 0 Å². The number of aromatic amines is 1. The van der Waals surface area contributed by atoms with Crippen molar-refractivity contribution in [2.45, 2.75) is 19.4 Å². The van der Waals surface area contributed by atoms with E-state index >= 15 is 0 Å². The second-order valence-electron chi connectivity index (χ2n) is 3.45. The van der Waals surface area contributed by atoms with Crippen molar-refractivity contribution >= 4 is 5.91 Å². The molecule has 0 unspecified atom stereocenters. The van der Waals surface area contributed by atoms with E-state index < -0.39 is 0 Å². The van der Waals surface area contributed by atoms with Crippen LogP contribution in [-0.4, -0.2) is 41.8 Å². The molecule has 0 spiro atoms. The number of aromatic nitrogens is 2. The Balaban J connectivity index is 2.27. The molecular formula is C10H17N3O2. The minimum atomic E-state index is 0.133. The second kappa shape index (κ2) is 6.19. The lowest BCUT2D eigenvalue weighted by molar-refractivity contribution is -0.130. The van der Waals surface area contributed by atoms with Gasteiger partial charge in [-0.2, -0.15) is 5.10 Å². The molecule has 0 saturated carbocycles. The van der Waals surface area contributed by atoms with Gasteiger partial charge in [-0.3, -0.25) is 9.89 Å². The number of nitrogens with one attached hydrogen (secondary N) is 1. The van der Waals surface area contributed by atoms with Crippen molar-refractivity contribution in [3.05, 3.63) is 18.0 Å². The number of carbonyl (C=O) groups excluding carboxylic acids is 1. The van der Waals surface area contributed by atoms with Crippen LogP contribution in [0.2, 0.25) is 0 Å². The maximum absolute atomic E-state index is 11.6. The maximum atomic E-state index is 11.6. The highest BCUT2D eigenvalue weighted by molar-refractivity contribution is 5.75. The van der Waals surface area contributed by atoms with Gasteiger partial charge in [0.25, 0.3) is 0 Å². The van der Waals surface area contributed by atoms with Gasteiger partial charge in [-0.25, -0.2) is 0 Å². The minimum absolute atomic E-state index is 0.133. The van der Waals surface area contributed by atoms with E-state index in [4.69, 9.17) is 4.74 Å². The molecule has 1 N–H and O–H groups in total. The molecule has 0 bridgehead atoms. The number of rotatable bonds is 6. The van der Waals surface area contributed by atoms with Crippen LogP contribution in [0.25, 0.3) is 0 Å². The smallest absolute Gasteiger partial charge is 0.222 e. The highest BCUT2D eigenvalue weighted by atomic mass is 16.5. The Morgan fingerprint density at radius 3 is 3.07 bits per heavy atom. The summed E-state index contributed by atoms with van der Waals surface area (Å²) in [5, 5.41) is 6.55. The van der Waals surface area contributed by atoms with Crippen molar-refractivity contribution in [3.63, 3.8) is 0 Å². The molecule has 0 saturated heterocycles. The number of nitrogens with zero attached hydrogens (tertiary/aromatic N) is 2. The van der Waals surface area contributed by atoms with Crippen molar-refractivity contribution in [2.24, 2.45) is 0 Å². The summed E-state index contributed by atoms with van der Waals surface area (Å²) >= 11 is 0. The number of H-pyrrole nitrogens is 1. The lowest BCUT2D eigenvalue weighted by atomic mass is 10.2. The summed E-state index contributed by atoms with van der Waals surface area (Å²) in [6.07, 6.45) is 4.81. The van der Waals surface area contributed by atoms with Crippen LogP contribution in [0.1, 0.15) is 18.4 Å². The summed E-state index contributed by atoms with van der Waals surface area (Å²) in [7, 11) is 3.43. The topological polar surface area (TPSA) is 58.2 Å². The molecular weight excluding hydrogens is 194 g/mol. The van der Waals surface area contributed by atoms with Crippen LogP contribution in [0.4, 0.5) is 0 Å². The zero-order chi connectivity index (χ0) is 11.1. The van der Waals surface area contributed by atoms with Gasteiger partial charge in [0, 0.05) is 45.5 Å². The molecule has 84 valence electrons. The second-order valence-corrected chi connectivity index (χ2v) is 3.45. The van der Waals surface area contributed by atoms with Gasteiger partial charge in [0.15, 0.2) is 0 Å². The Morgan fingerprint density at radius 1 is 1.67 bits per heavy atom. The third-order valence-electron chi connectivity index (χ3n) is 2.14. The van der Waals surface area contributed by atoms with E-state index in [0.717, 1.165) is 12.0 Å². The fraction of sp³-hybridized carbons (Fsp3) is 0.600. The van der Waals surface area contributed by atoms with Gasteiger partial charge in [0.1, 0.15) is 0 Å². The molecule has 0 aromatic carbocycles. The average Bonchev–Trinajstić information content (AvgIpc) is 2.70. The fourth-order valence-electron chi connectivity index (χ4n) is 1.28. The standard InChI is InChI=1S/C10H17N3O2/c1-13(8-9-6-11-12-7-9)10(14)4-3-5-15-2/h6-7H,3-5,8H2,1-2H3,(H,11,12). The SMILES string of the molecule is COCCCC(=O)N(C)Cc1cn[nH]c1. The number of ether oxygens (including phenoxy) is 1. The summed E-state index contributed by atoms with van der Waals surface area (Å²) < 4.78 is 4.89. The summed E-state index contributed by atoms with van der Waals surface area (Å²) in [5.74, 6) is 0.133. The van der Waals surface area contributed by atoms with E-state index in [9.17, 15) is 4.79 Å². The normalized spacial score (nSPS) is 10.3. The first kappa shape index (κ1) is 11.7. The zero-order valence-electron chi connectivity index (χ0n) is 9.19. The molecule has 5 heteroatoms. The van der Waals surface area contributed by atoms with Gasteiger partial charge >= 0.3 is 0 Å². The molecule has 5 nitrogen and oxygen atoms in total. The first-order valence-electron chi connectivity index (χ1n) is 4.94. The van der Waals surface area contributed by atoms with Gasteiger partial charge in [-0.1, -0.05) is 0 Å². The molecule has 0 aliphatic heterocycles. The monoisotopic (exact) mass is 211 g/mol. The predicted octanol–water partition coefficient (Wildman–Crippen LogP) is 0.795. The highest BCUT2D eigenvalue weighted by Gasteiger charge is 2.08.